The first kappa shape index (κ1) is 22.6. The zero-order valence-electron chi connectivity index (χ0n) is 19.4. The second-order valence-corrected chi connectivity index (χ2v) is 9.65. The van der Waals surface area contributed by atoms with Crippen molar-refractivity contribution in [3.8, 4) is 0 Å². The van der Waals surface area contributed by atoms with Crippen molar-refractivity contribution in [2.45, 2.75) is 77.7 Å². The first-order valence-electron chi connectivity index (χ1n) is 12.2. The summed E-state index contributed by atoms with van der Waals surface area (Å²) in [5.74, 6) is 0.0946. The summed E-state index contributed by atoms with van der Waals surface area (Å²) in [6, 6.07) is 7.29. The molecule has 1 unspecified atom stereocenters. The SMILES string of the molecule is CC(=O)Nc1ccc(C2=C(N3CCCC(C)C3)C(=O)N(C3CCCCCCC3)C2=O)cc1. The van der Waals surface area contributed by atoms with Crippen LogP contribution in [0.25, 0.3) is 5.57 Å². The second kappa shape index (κ2) is 9.88. The van der Waals surface area contributed by atoms with Gasteiger partial charge in [-0.1, -0.05) is 51.2 Å². The van der Waals surface area contributed by atoms with Gasteiger partial charge in [-0.25, -0.2) is 0 Å². The molecular formula is C26H35N3O3. The molecule has 6 heteroatoms. The minimum Gasteiger partial charge on any atom is -0.366 e. The molecule has 1 N–H and O–H groups in total. The van der Waals surface area contributed by atoms with Gasteiger partial charge >= 0.3 is 0 Å². The van der Waals surface area contributed by atoms with Crippen LogP contribution in [0.3, 0.4) is 0 Å². The number of rotatable bonds is 4. The molecule has 1 atom stereocenters. The van der Waals surface area contributed by atoms with E-state index in [1.807, 2.05) is 12.1 Å². The van der Waals surface area contributed by atoms with Gasteiger partial charge in [0, 0.05) is 31.7 Å². The number of nitrogens with one attached hydrogen (secondary N) is 1. The van der Waals surface area contributed by atoms with E-state index in [0.29, 0.717) is 22.9 Å². The van der Waals surface area contributed by atoms with Gasteiger partial charge in [-0.15, -0.1) is 0 Å². The standard InChI is InChI=1S/C26H35N3O3/c1-18-9-8-16-28(17-18)24-23(20-12-14-21(15-13-20)27-19(2)30)25(31)29(26(24)32)22-10-6-4-3-5-7-11-22/h12-15,18,22H,3-11,16-17H2,1-2H3,(H,27,30). The molecule has 0 aromatic heterocycles. The molecule has 0 radical (unpaired) electrons. The Bertz CT molecular complexity index is 897. The van der Waals surface area contributed by atoms with Gasteiger partial charge in [0.2, 0.25) is 5.91 Å². The lowest BCUT2D eigenvalue weighted by molar-refractivity contribution is -0.140. The average Bonchev–Trinajstić information content (AvgIpc) is 2.99. The van der Waals surface area contributed by atoms with Crippen LogP contribution in [0.4, 0.5) is 5.69 Å². The predicted molar refractivity (Wildman–Crippen MR) is 126 cm³/mol. The summed E-state index contributed by atoms with van der Waals surface area (Å²) in [5, 5.41) is 2.77. The zero-order valence-corrected chi connectivity index (χ0v) is 19.4. The lowest BCUT2D eigenvalue weighted by Gasteiger charge is -2.34. The van der Waals surface area contributed by atoms with Crippen LogP contribution in [0, 0.1) is 5.92 Å². The number of nitrogens with zero attached hydrogens (tertiary/aromatic N) is 2. The van der Waals surface area contributed by atoms with Crippen LogP contribution in [0.15, 0.2) is 30.0 Å². The largest absolute Gasteiger partial charge is 0.366 e. The Hall–Kier alpha value is -2.63. The number of carbonyl (C=O) groups is 3. The summed E-state index contributed by atoms with van der Waals surface area (Å²) < 4.78 is 0. The molecule has 1 saturated carbocycles. The number of piperidine rings is 1. The van der Waals surface area contributed by atoms with Gasteiger partial charge < -0.3 is 10.2 Å². The van der Waals surface area contributed by atoms with Crippen molar-refractivity contribution in [2.24, 2.45) is 5.92 Å². The molecule has 4 rings (SSSR count). The van der Waals surface area contributed by atoms with Gasteiger partial charge in [0.15, 0.2) is 0 Å². The normalized spacial score (nSPS) is 23.4. The molecule has 1 aliphatic carbocycles. The molecule has 2 fully saturated rings. The van der Waals surface area contributed by atoms with Crippen LogP contribution in [-0.2, 0) is 14.4 Å². The molecule has 3 aliphatic rings. The summed E-state index contributed by atoms with van der Waals surface area (Å²) in [6.07, 6.45) is 9.71. The van der Waals surface area contributed by atoms with Crippen molar-refractivity contribution >= 4 is 29.0 Å². The summed E-state index contributed by atoms with van der Waals surface area (Å²) in [7, 11) is 0. The smallest absolute Gasteiger partial charge is 0.278 e. The minimum absolute atomic E-state index is 0.0105. The number of imide groups is 1. The molecule has 1 aromatic rings. The fraction of sp³-hybridized carbons (Fsp3) is 0.577. The third-order valence-corrected chi connectivity index (χ3v) is 7.00. The number of carbonyl (C=O) groups excluding carboxylic acids is 3. The first-order chi connectivity index (χ1) is 15.5. The Kier molecular flexibility index (Phi) is 6.97. The molecule has 2 aliphatic heterocycles. The van der Waals surface area contributed by atoms with Gasteiger partial charge in [0.05, 0.1) is 5.57 Å². The van der Waals surface area contributed by atoms with Gasteiger partial charge in [-0.3, -0.25) is 19.3 Å². The van der Waals surface area contributed by atoms with Crippen molar-refractivity contribution in [1.29, 1.82) is 0 Å². The van der Waals surface area contributed by atoms with Gasteiger partial charge in [0.25, 0.3) is 11.8 Å². The van der Waals surface area contributed by atoms with Crippen molar-refractivity contribution < 1.29 is 14.4 Å². The molecular weight excluding hydrogens is 402 g/mol. The summed E-state index contributed by atoms with van der Waals surface area (Å²) in [6.45, 7) is 5.30. The summed E-state index contributed by atoms with van der Waals surface area (Å²) in [4.78, 5) is 42.6. The van der Waals surface area contributed by atoms with E-state index in [2.05, 4.69) is 17.1 Å². The van der Waals surface area contributed by atoms with E-state index in [4.69, 9.17) is 0 Å². The number of anilines is 1. The molecule has 32 heavy (non-hydrogen) atoms. The van der Waals surface area contributed by atoms with E-state index in [1.165, 1.54) is 26.2 Å². The van der Waals surface area contributed by atoms with E-state index < -0.39 is 0 Å². The van der Waals surface area contributed by atoms with Gasteiger partial charge in [-0.2, -0.15) is 0 Å². The highest BCUT2D eigenvalue weighted by Crippen LogP contribution is 2.37. The number of benzene rings is 1. The third-order valence-electron chi connectivity index (χ3n) is 7.00. The van der Waals surface area contributed by atoms with Crippen LogP contribution in [-0.4, -0.2) is 46.7 Å². The monoisotopic (exact) mass is 437 g/mol. The topological polar surface area (TPSA) is 69.7 Å². The average molecular weight is 438 g/mol. The Morgan fingerprint density at radius 3 is 2.19 bits per heavy atom. The van der Waals surface area contributed by atoms with Crippen molar-refractivity contribution in [3.05, 3.63) is 35.5 Å². The highest BCUT2D eigenvalue weighted by Gasteiger charge is 2.45. The van der Waals surface area contributed by atoms with Crippen LogP contribution in [0.5, 0.6) is 0 Å². The van der Waals surface area contributed by atoms with Crippen LogP contribution in [0.2, 0.25) is 0 Å². The lowest BCUT2D eigenvalue weighted by atomic mass is 9.95. The quantitative estimate of drug-likeness (QED) is 0.701. The third kappa shape index (κ3) is 4.74. The fourth-order valence-electron chi connectivity index (χ4n) is 5.43. The maximum atomic E-state index is 13.8. The zero-order chi connectivity index (χ0) is 22.7. The molecule has 172 valence electrons. The molecule has 3 amide bonds. The van der Waals surface area contributed by atoms with Crippen molar-refractivity contribution in [2.75, 3.05) is 18.4 Å². The van der Waals surface area contributed by atoms with Gasteiger partial charge in [-0.05, 0) is 49.3 Å². The lowest BCUT2D eigenvalue weighted by Crippen LogP contribution is -2.44. The van der Waals surface area contributed by atoms with Crippen LogP contribution >= 0.6 is 0 Å². The summed E-state index contributed by atoms with van der Waals surface area (Å²) in [5.41, 5.74) is 2.54. The Labute approximate surface area is 191 Å². The first-order valence-corrected chi connectivity index (χ1v) is 12.2. The minimum atomic E-state index is -0.152. The highest BCUT2D eigenvalue weighted by atomic mass is 16.2. The number of amides is 3. The van der Waals surface area contributed by atoms with E-state index in [9.17, 15) is 14.4 Å². The predicted octanol–water partition coefficient (Wildman–Crippen LogP) is 4.57. The Balaban J connectivity index is 1.70. The van der Waals surface area contributed by atoms with E-state index >= 15 is 0 Å². The van der Waals surface area contributed by atoms with E-state index in [0.717, 1.165) is 57.2 Å². The maximum absolute atomic E-state index is 13.8. The van der Waals surface area contributed by atoms with Gasteiger partial charge in [0.1, 0.15) is 5.70 Å². The molecule has 0 spiro atoms. The summed E-state index contributed by atoms with van der Waals surface area (Å²) >= 11 is 0. The molecule has 1 aromatic carbocycles. The Morgan fingerprint density at radius 2 is 1.56 bits per heavy atom. The fourth-order valence-corrected chi connectivity index (χ4v) is 5.43. The molecule has 0 bridgehead atoms. The molecule has 2 heterocycles. The number of hydrogen-bond donors (Lipinski definition) is 1. The highest BCUT2D eigenvalue weighted by molar-refractivity contribution is 6.35. The van der Waals surface area contributed by atoms with E-state index in [1.54, 1.807) is 17.0 Å². The van der Waals surface area contributed by atoms with E-state index in [-0.39, 0.29) is 23.8 Å². The number of hydrogen-bond acceptors (Lipinski definition) is 4. The Morgan fingerprint density at radius 1 is 0.906 bits per heavy atom. The van der Waals surface area contributed by atoms with Crippen LogP contribution in [0.1, 0.15) is 77.2 Å². The molecule has 1 saturated heterocycles. The number of likely N-dealkylation sites (tertiary alicyclic amines) is 1. The van der Waals surface area contributed by atoms with Crippen LogP contribution < -0.4 is 5.32 Å². The molecule has 6 nitrogen and oxygen atoms in total. The van der Waals surface area contributed by atoms with Crippen molar-refractivity contribution in [3.63, 3.8) is 0 Å². The second-order valence-electron chi connectivity index (χ2n) is 9.65. The van der Waals surface area contributed by atoms with Crippen molar-refractivity contribution in [1.82, 2.24) is 9.80 Å². The maximum Gasteiger partial charge on any atom is 0.278 e.